The van der Waals surface area contributed by atoms with E-state index in [-0.39, 0.29) is 6.04 Å². The lowest BCUT2D eigenvalue weighted by Gasteiger charge is -2.26. The number of hydrogen-bond donors (Lipinski definition) is 2. The van der Waals surface area contributed by atoms with Gasteiger partial charge in [0.15, 0.2) is 5.11 Å². The van der Waals surface area contributed by atoms with Crippen molar-refractivity contribution in [3.05, 3.63) is 95.1 Å². The highest BCUT2D eigenvalue weighted by Gasteiger charge is 2.18. The van der Waals surface area contributed by atoms with Gasteiger partial charge in [-0.1, -0.05) is 67.9 Å². The summed E-state index contributed by atoms with van der Waals surface area (Å²) in [5.74, 6) is 1.37. The first-order chi connectivity index (χ1) is 14.4. The fourth-order valence-electron chi connectivity index (χ4n) is 3.45. The zero-order valence-corrected chi connectivity index (χ0v) is 19.7. The van der Waals surface area contributed by atoms with Crippen molar-refractivity contribution in [3.63, 3.8) is 0 Å². The van der Waals surface area contributed by atoms with Crippen molar-refractivity contribution >= 4 is 34.8 Å². The van der Waals surface area contributed by atoms with Crippen LogP contribution in [0.2, 0.25) is 0 Å². The second-order valence-electron chi connectivity index (χ2n) is 7.98. The molecule has 0 saturated carbocycles. The van der Waals surface area contributed by atoms with Gasteiger partial charge >= 0.3 is 0 Å². The summed E-state index contributed by atoms with van der Waals surface area (Å²) in [7, 11) is 0. The third-order valence-corrected chi connectivity index (χ3v) is 6.38. The minimum Gasteiger partial charge on any atom is -0.355 e. The molecule has 0 aromatic heterocycles. The van der Waals surface area contributed by atoms with E-state index >= 15 is 0 Å². The van der Waals surface area contributed by atoms with Gasteiger partial charge in [-0.3, -0.25) is 0 Å². The third-order valence-electron chi connectivity index (χ3n) is 5.07. The molecule has 0 fully saturated rings. The summed E-state index contributed by atoms with van der Waals surface area (Å²) in [4.78, 5) is 1.29. The van der Waals surface area contributed by atoms with Gasteiger partial charge < -0.3 is 10.6 Å². The molecule has 2 nitrogen and oxygen atoms in total. The van der Waals surface area contributed by atoms with Crippen molar-refractivity contribution in [3.8, 4) is 0 Å². The SMILES string of the molecule is Cc1ccc(C(NC(=S)Nc2ccc(CSc3ccccc3)cc2)C(C)C)c(C)c1. The topological polar surface area (TPSA) is 24.1 Å². The maximum Gasteiger partial charge on any atom is 0.171 e. The number of thioether (sulfide) groups is 1. The molecule has 3 aromatic carbocycles. The molecule has 0 heterocycles. The summed E-state index contributed by atoms with van der Waals surface area (Å²) in [6.07, 6.45) is 0. The average Bonchev–Trinajstić information content (AvgIpc) is 2.72. The van der Waals surface area contributed by atoms with Gasteiger partial charge in [-0.25, -0.2) is 0 Å². The molecule has 156 valence electrons. The Labute approximate surface area is 190 Å². The zero-order chi connectivity index (χ0) is 21.5. The number of aryl methyl sites for hydroxylation is 2. The minimum atomic E-state index is 0.173. The first-order valence-corrected chi connectivity index (χ1v) is 11.7. The van der Waals surface area contributed by atoms with E-state index in [1.165, 1.54) is 27.1 Å². The summed E-state index contributed by atoms with van der Waals surface area (Å²) in [6, 6.07) is 25.8. The molecule has 0 spiro atoms. The van der Waals surface area contributed by atoms with Crippen LogP contribution in [0.15, 0.2) is 77.7 Å². The first kappa shape index (κ1) is 22.4. The van der Waals surface area contributed by atoms with E-state index < -0.39 is 0 Å². The molecule has 30 heavy (non-hydrogen) atoms. The molecule has 3 aromatic rings. The zero-order valence-electron chi connectivity index (χ0n) is 18.1. The minimum absolute atomic E-state index is 0.173. The van der Waals surface area contributed by atoms with Crippen molar-refractivity contribution in [2.45, 2.75) is 44.4 Å². The Morgan fingerprint density at radius 2 is 1.63 bits per heavy atom. The van der Waals surface area contributed by atoms with Crippen LogP contribution in [0, 0.1) is 19.8 Å². The van der Waals surface area contributed by atoms with Gasteiger partial charge in [-0.15, -0.1) is 11.8 Å². The highest BCUT2D eigenvalue weighted by Crippen LogP contribution is 2.26. The number of rotatable bonds is 7. The van der Waals surface area contributed by atoms with Gasteiger partial charge in [0.1, 0.15) is 0 Å². The monoisotopic (exact) mass is 434 g/mol. The van der Waals surface area contributed by atoms with Crippen molar-refractivity contribution in [2.24, 2.45) is 5.92 Å². The van der Waals surface area contributed by atoms with Crippen LogP contribution in [0.1, 0.15) is 42.1 Å². The van der Waals surface area contributed by atoms with E-state index in [4.69, 9.17) is 12.2 Å². The summed E-state index contributed by atoms with van der Waals surface area (Å²) in [6.45, 7) is 8.74. The van der Waals surface area contributed by atoms with Gasteiger partial charge in [-0.2, -0.15) is 0 Å². The Morgan fingerprint density at radius 3 is 2.27 bits per heavy atom. The molecule has 2 N–H and O–H groups in total. The van der Waals surface area contributed by atoms with Crippen molar-refractivity contribution in [1.82, 2.24) is 5.32 Å². The summed E-state index contributed by atoms with van der Waals surface area (Å²) < 4.78 is 0. The van der Waals surface area contributed by atoms with Crippen LogP contribution in [0.5, 0.6) is 0 Å². The first-order valence-electron chi connectivity index (χ1n) is 10.3. The van der Waals surface area contributed by atoms with E-state index in [2.05, 4.69) is 105 Å². The van der Waals surface area contributed by atoms with Gasteiger partial charge in [0, 0.05) is 16.3 Å². The highest BCUT2D eigenvalue weighted by molar-refractivity contribution is 7.98. The lowest BCUT2D eigenvalue weighted by molar-refractivity contribution is 0.471. The van der Waals surface area contributed by atoms with Crippen LogP contribution in [0.4, 0.5) is 5.69 Å². The van der Waals surface area contributed by atoms with Gasteiger partial charge in [0.2, 0.25) is 0 Å². The smallest absolute Gasteiger partial charge is 0.171 e. The van der Waals surface area contributed by atoms with Crippen molar-refractivity contribution in [2.75, 3.05) is 5.32 Å². The average molecular weight is 435 g/mol. The van der Waals surface area contributed by atoms with Crippen LogP contribution in [0.3, 0.4) is 0 Å². The normalized spacial score (nSPS) is 11.9. The number of nitrogens with one attached hydrogen (secondary N) is 2. The molecule has 0 amide bonds. The van der Waals surface area contributed by atoms with E-state index in [1.807, 2.05) is 17.8 Å². The van der Waals surface area contributed by atoms with E-state index in [9.17, 15) is 0 Å². The molecule has 0 aliphatic carbocycles. The standard InChI is InChI=1S/C26H30N2S2/c1-18(2)25(24-15-10-19(3)16-20(24)4)28-26(29)27-22-13-11-21(12-14-22)17-30-23-8-6-5-7-9-23/h5-16,18,25H,17H2,1-4H3,(H2,27,28,29). The molecule has 0 saturated heterocycles. The number of hydrogen-bond acceptors (Lipinski definition) is 2. The Bertz CT molecular complexity index is 966. The quantitative estimate of drug-likeness (QED) is 0.301. The fourth-order valence-corrected chi connectivity index (χ4v) is 4.57. The number of benzene rings is 3. The van der Waals surface area contributed by atoms with E-state index in [1.54, 1.807) is 0 Å². The molecular weight excluding hydrogens is 404 g/mol. The van der Waals surface area contributed by atoms with Crippen LogP contribution < -0.4 is 10.6 Å². The highest BCUT2D eigenvalue weighted by atomic mass is 32.2. The molecule has 1 atom stereocenters. The lowest BCUT2D eigenvalue weighted by atomic mass is 9.92. The Hall–Kier alpha value is -2.30. The second-order valence-corrected chi connectivity index (χ2v) is 9.44. The Morgan fingerprint density at radius 1 is 0.933 bits per heavy atom. The molecule has 0 bridgehead atoms. The lowest BCUT2D eigenvalue weighted by Crippen LogP contribution is -2.35. The van der Waals surface area contributed by atoms with Crippen LogP contribution in [0.25, 0.3) is 0 Å². The summed E-state index contributed by atoms with van der Waals surface area (Å²) >= 11 is 7.47. The Balaban J connectivity index is 1.59. The predicted octanol–water partition coefficient (Wildman–Crippen LogP) is 7.28. The van der Waals surface area contributed by atoms with Gasteiger partial charge in [-0.05, 0) is 72.9 Å². The number of anilines is 1. The largest absolute Gasteiger partial charge is 0.355 e. The van der Waals surface area contributed by atoms with Gasteiger partial charge in [0.25, 0.3) is 0 Å². The predicted molar refractivity (Wildman–Crippen MR) is 135 cm³/mol. The maximum absolute atomic E-state index is 5.62. The molecule has 0 aliphatic heterocycles. The van der Waals surface area contributed by atoms with Crippen molar-refractivity contribution in [1.29, 1.82) is 0 Å². The molecule has 3 rings (SSSR count). The summed E-state index contributed by atoms with van der Waals surface area (Å²) in [5, 5.41) is 7.51. The van der Waals surface area contributed by atoms with Gasteiger partial charge in [0.05, 0.1) is 6.04 Å². The maximum atomic E-state index is 5.62. The fraction of sp³-hybridized carbons (Fsp3) is 0.269. The van der Waals surface area contributed by atoms with E-state index in [0.717, 1.165) is 11.4 Å². The molecular formula is C26H30N2S2. The van der Waals surface area contributed by atoms with Crippen LogP contribution in [-0.4, -0.2) is 5.11 Å². The molecule has 0 radical (unpaired) electrons. The van der Waals surface area contributed by atoms with E-state index in [0.29, 0.717) is 11.0 Å². The number of thiocarbonyl (C=S) groups is 1. The molecule has 4 heteroatoms. The second kappa shape index (κ2) is 10.6. The Kier molecular flexibility index (Phi) is 7.94. The molecule has 0 aliphatic rings. The van der Waals surface area contributed by atoms with Crippen LogP contribution in [-0.2, 0) is 5.75 Å². The van der Waals surface area contributed by atoms with Crippen LogP contribution >= 0.6 is 24.0 Å². The summed E-state index contributed by atoms with van der Waals surface area (Å²) in [5.41, 5.74) is 6.18. The van der Waals surface area contributed by atoms with Crippen molar-refractivity contribution < 1.29 is 0 Å². The molecule has 1 unspecified atom stereocenters. The third kappa shape index (κ3) is 6.35.